The van der Waals surface area contributed by atoms with Crippen LogP contribution in [0.1, 0.15) is 36.0 Å². The number of esters is 1. The van der Waals surface area contributed by atoms with Crippen LogP contribution in [0, 0.1) is 5.92 Å². The van der Waals surface area contributed by atoms with E-state index < -0.39 is 16.0 Å². The number of hydrogen-bond donors (Lipinski definition) is 2. The van der Waals surface area contributed by atoms with E-state index in [0.717, 1.165) is 32.1 Å². The monoisotopic (exact) mass is 435 g/mol. The number of ether oxygens (including phenoxy) is 1. The van der Waals surface area contributed by atoms with Crippen molar-refractivity contribution in [2.24, 2.45) is 5.92 Å². The Morgan fingerprint density at radius 2 is 2.14 bits per heavy atom. The lowest BCUT2D eigenvalue weighted by Crippen LogP contribution is -2.46. The molecule has 1 aromatic heterocycles. The molecular formula is C17H26ClN3O6S. The molecule has 2 aliphatic heterocycles. The van der Waals surface area contributed by atoms with Crippen LogP contribution in [-0.2, 0) is 19.6 Å². The van der Waals surface area contributed by atoms with Gasteiger partial charge in [-0.2, -0.15) is 4.31 Å². The second kappa shape index (κ2) is 9.73. The van der Waals surface area contributed by atoms with Crippen molar-refractivity contribution in [3.05, 3.63) is 17.9 Å². The van der Waals surface area contributed by atoms with Crippen LogP contribution in [0.25, 0.3) is 0 Å². The molecule has 2 atom stereocenters. The van der Waals surface area contributed by atoms with Gasteiger partial charge in [-0.15, -0.1) is 12.4 Å². The molecule has 11 heteroatoms. The average Bonchev–Trinajstić information content (AvgIpc) is 3.38. The van der Waals surface area contributed by atoms with Crippen molar-refractivity contribution in [1.29, 1.82) is 0 Å². The molecule has 0 aliphatic carbocycles. The van der Waals surface area contributed by atoms with Crippen LogP contribution >= 0.6 is 12.4 Å². The molecule has 158 valence electrons. The fourth-order valence-corrected chi connectivity index (χ4v) is 4.97. The van der Waals surface area contributed by atoms with E-state index in [9.17, 15) is 18.0 Å². The van der Waals surface area contributed by atoms with Gasteiger partial charge in [-0.25, -0.2) is 13.2 Å². The molecule has 2 unspecified atom stereocenters. The largest absolute Gasteiger partial charge is 0.465 e. The van der Waals surface area contributed by atoms with Crippen LogP contribution < -0.4 is 10.6 Å². The molecule has 28 heavy (non-hydrogen) atoms. The van der Waals surface area contributed by atoms with Gasteiger partial charge in [0.1, 0.15) is 6.26 Å². The molecule has 3 heterocycles. The number of methoxy groups -OCH3 is 1. The van der Waals surface area contributed by atoms with Gasteiger partial charge in [-0.1, -0.05) is 0 Å². The molecule has 2 aliphatic rings. The van der Waals surface area contributed by atoms with Gasteiger partial charge in [-0.3, -0.25) is 4.79 Å². The van der Waals surface area contributed by atoms with Crippen LogP contribution in [0.4, 0.5) is 0 Å². The summed E-state index contributed by atoms with van der Waals surface area (Å²) in [5.74, 6) is -0.643. The smallest absolute Gasteiger partial charge is 0.341 e. The first-order valence-electron chi connectivity index (χ1n) is 9.10. The van der Waals surface area contributed by atoms with Crippen molar-refractivity contribution >= 4 is 34.3 Å². The van der Waals surface area contributed by atoms with Gasteiger partial charge in [0.2, 0.25) is 11.0 Å². The highest BCUT2D eigenvalue weighted by atomic mass is 35.5. The number of sulfonamides is 1. The normalized spacial score (nSPS) is 23.0. The number of piperidine rings is 1. The summed E-state index contributed by atoms with van der Waals surface area (Å²) in [6.07, 6.45) is 4.44. The van der Waals surface area contributed by atoms with E-state index in [1.54, 1.807) is 0 Å². The molecule has 9 nitrogen and oxygen atoms in total. The van der Waals surface area contributed by atoms with E-state index in [1.165, 1.54) is 17.5 Å². The minimum Gasteiger partial charge on any atom is -0.465 e. The summed E-state index contributed by atoms with van der Waals surface area (Å²) in [6.45, 7) is 1.97. The Morgan fingerprint density at radius 1 is 1.36 bits per heavy atom. The van der Waals surface area contributed by atoms with Gasteiger partial charge in [0.05, 0.1) is 18.7 Å². The summed E-state index contributed by atoms with van der Waals surface area (Å²) >= 11 is 0. The first kappa shape index (κ1) is 22.7. The third kappa shape index (κ3) is 5.05. The Morgan fingerprint density at radius 3 is 2.82 bits per heavy atom. The Balaban J connectivity index is 0.00000280. The first-order chi connectivity index (χ1) is 12.9. The number of hydrogen-bond acceptors (Lipinski definition) is 7. The topological polar surface area (TPSA) is 118 Å². The maximum atomic E-state index is 12.8. The van der Waals surface area contributed by atoms with Crippen molar-refractivity contribution < 1.29 is 27.2 Å². The number of nitrogens with one attached hydrogen (secondary N) is 2. The summed E-state index contributed by atoms with van der Waals surface area (Å²) in [5, 5.41) is 5.80. The Kier molecular flexibility index (Phi) is 7.87. The number of rotatable bonds is 6. The zero-order chi connectivity index (χ0) is 19.4. The first-order valence-corrected chi connectivity index (χ1v) is 10.5. The molecule has 0 aromatic carbocycles. The van der Waals surface area contributed by atoms with Crippen molar-refractivity contribution in [2.45, 2.75) is 36.8 Å². The molecule has 3 rings (SSSR count). The lowest BCUT2D eigenvalue weighted by Gasteiger charge is -2.31. The summed E-state index contributed by atoms with van der Waals surface area (Å²) < 4.78 is 36.6. The lowest BCUT2D eigenvalue weighted by atomic mass is 9.99. The standard InChI is InChI=1S/C17H25N3O6S.ClH/c1-25-17(22)13-8-15(26-11-13)27(23,24)20-7-3-4-12(10-20)9-19-16(21)14-5-2-6-18-14;/h8,11-12,14,18H,2-7,9-10H2,1H3,(H,19,21);1H. The predicted molar refractivity (Wildman–Crippen MR) is 103 cm³/mol. The molecule has 0 radical (unpaired) electrons. The number of nitrogens with zero attached hydrogens (tertiary/aromatic N) is 1. The number of carbonyl (C=O) groups excluding carboxylic acids is 2. The van der Waals surface area contributed by atoms with Crippen molar-refractivity contribution in [3.8, 4) is 0 Å². The third-order valence-corrected chi connectivity index (χ3v) is 6.75. The molecular weight excluding hydrogens is 410 g/mol. The summed E-state index contributed by atoms with van der Waals surface area (Å²) in [4.78, 5) is 23.6. The number of halogens is 1. The maximum Gasteiger partial charge on any atom is 0.341 e. The van der Waals surface area contributed by atoms with E-state index >= 15 is 0 Å². The van der Waals surface area contributed by atoms with Crippen LogP contribution in [-0.4, -0.2) is 63.9 Å². The van der Waals surface area contributed by atoms with Gasteiger partial charge in [0, 0.05) is 25.7 Å². The van der Waals surface area contributed by atoms with E-state index in [1.807, 2.05) is 0 Å². The van der Waals surface area contributed by atoms with Gasteiger partial charge in [-0.05, 0) is 38.1 Å². The lowest BCUT2D eigenvalue weighted by molar-refractivity contribution is -0.123. The molecule has 2 N–H and O–H groups in total. The quantitative estimate of drug-likeness (QED) is 0.633. The fourth-order valence-electron chi connectivity index (χ4n) is 3.49. The SMILES string of the molecule is COC(=O)c1coc(S(=O)(=O)N2CCCC(CNC(=O)C3CCCN3)C2)c1.Cl. The van der Waals surface area contributed by atoms with E-state index in [0.29, 0.717) is 26.1 Å². The highest BCUT2D eigenvalue weighted by molar-refractivity contribution is 7.89. The second-order valence-corrected chi connectivity index (χ2v) is 8.78. The average molecular weight is 436 g/mol. The molecule has 1 aromatic rings. The predicted octanol–water partition coefficient (Wildman–Crippen LogP) is 0.757. The van der Waals surface area contributed by atoms with E-state index in [4.69, 9.17) is 4.42 Å². The summed E-state index contributed by atoms with van der Waals surface area (Å²) in [5.41, 5.74) is 0.0564. The molecule has 2 fully saturated rings. The van der Waals surface area contributed by atoms with Gasteiger partial charge >= 0.3 is 5.97 Å². The minimum absolute atomic E-state index is 0. The zero-order valence-corrected chi connectivity index (χ0v) is 17.3. The van der Waals surface area contributed by atoms with Gasteiger partial charge in [0.25, 0.3) is 10.0 Å². The van der Waals surface area contributed by atoms with Crippen molar-refractivity contribution in [3.63, 3.8) is 0 Å². The van der Waals surface area contributed by atoms with Crippen LogP contribution in [0.15, 0.2) is 21.8 Å². The number of carbonyl (C=O) groups is 2. The highest BCUT2D eigenvalue weighted by Crippen LogP contribution is 2.25. The Hall–Kier alpha value is -1.62. The van der Waals surface area contributed by atoms with Gasteiger partial charge < -0.3 is 19.8 Å². The summed E-state index contributed by atoms with van der Waals surface area (Å²) in [6, 6.07) is 1.03. The van der Waals surface area contributed by atoms with E-state index in [2.05, 4.69) is 15.4 Å². The fraction of sp³-hybridized carbons (Fsp3) is 0.647. The van der Waals surface area contributed by atoms with Crippen LogP contribution in [0.2, 0.25) is 0 Å². The third-order valence-electron chi connectivity index (χ3n) is 5.01. The summed E-state index contributed by atoms with van der Waals surface area (Å²) in [7, 11) is -2.62. The van der Waals surface area contributed by atoms with Gasteiger partial charge in [0.15, 0.2) is 0 Å². The number of amides is 1. The highest BCUT2D eigenvalue weighted by Gasteiger charge is 2.33. The minimum atomic E-state index is -3.84. The Bertz CT molecular complexity index is 791. The van der Waals surface area contributed by atoms with Crippen molar-refractivity contribution in [2.75, 3.05) is 33.3 Å². The second-order valence-electron chi connectivity index (χ2n) is 6.91. The van der Waals surface area contributed by atoms with Crippen LogP contribution in [0.5, 0.6) is 0 Å². The molecule has 2 saturated heterocycles. The van der Waals surface area contributed by atoms with E-state index in [-0.39, 0.29) is 40.9 Å². The van der Waals surface area contributed by atoms with Crippen LogP contribution in [0.3, 0.4) is 0 Å². The molecule has 0 bridgehead atoms. The maximum absolute atomic E-state index is 12.8. The molecule has 0 spiro atoms. The molecule has 1 amide bonds. The van der Waals surface area contributed by atoms with Crippen molar-refractivity contribution in [1.82, 2.24) is 14.9 Å². The Labute approximate surface area is 170 Å². The number of furan rings is 1. The zero-order valence-electron chi connectivity index (χ0n) is 15.7. The molecule has 0 saturated carbocycles.